The van der Waals surface area contributed by atoms with Crippen molar-refractivity contribution < 1.29 is 31.2 Å². The molecule has 160 valence electrons. The summed E-state index contributed by atoms with van der Waals surface area (Å²) in [6.07, 6.45) is -4.64. The smallest absolute Gasteiger partial charge is 0.416 e. The maximum atomic E-state index is 12.7. The first-order valence-corrected chi connectivity index (χ1v) is 9.91. The molecule has 0 aliphatic heterocycles. The molecule has 0 amide bonds. The predicted molar refractivity (Wildman–Crippen MR) is 101 cm³/mol. The van der Waals surface area contributed by atoms with E-state index in [1.54, 1.807) is 0 Å². The summed E-state index contributed by atoms with van der Waals surface area (Å²) in [4.78, 5) is 13.1. The van der Waals surface area contributed by atoms with Crippen LogP contribution in [-0.4, -0.2) is 31.5 Å². The minimum Gasteiger partial charge on any atom is -0.464 e. The van der Waals surface area contributed by atoms with Crippen molar-refractivity contribution in [3.63, 3.8) is 0 Å². The summed E-state index contributed by atoms with van der Waals surface area (Å²) in [7, 11) is -4.20. The zero-order valence-electron chi connectivity index (χ0n) is 14.5. The number of nitrogens with zero attached hydrogens (tertiary/aromatic N) is 2. The average Bonchev–Trinajstić information content (AvgIpc) is 2.63. The molecule has 0 radical (unpaired) electrons. The fourth-order valence-electron chi connectivity index (χ4n) is 1.95. The van der Waals surface area contributed by atoms with Crippen molar-refractivity contribution >= 4 is 38.9 Å². The first kappa shape index (κ1) is 23.7. The number of sulfonamides is 1. The Morgan fingerprint density at radius 3 is 2.53 bits per heavy atom. The zero-order valence-corrected chi connectivity index (χ0v) is 16.9. The number of nitrogens with one attached hydrogen (secondary N) is 1. The maximum absolute atomic E-state index is 12.7. The van der Waals surface area contributed by atoms with Gasteiger partial charge in [-0.2, -0.15) is 17.9 Å². The molecule has 2 aromatic rings. The Bertz CT molecular complexity index is 1130. The van der Waals surface area contributed by atoms with Gasteiger partial charge in [-0.3, -0.25) is 10.1 Å². The molecule has 8 nitrogen and oxygen atoms in total. The Morgan fingerprint density at radius 1 is 1.20 bits per heavy atom. The molecule has 0 fully saturated rings. The predicted octanol–water partition coefficient (Wildman–Crippen LogP) is 3.68. The summed E-state index contributed by atoms with van der Waals surface area (Å²) in [5, 5.41) is 10.1. The summed E-state index contributed by atoms with van der Waals surface area (Å²) in [5.41, 5.74) is -1.52. The Hall–Kier alpha value is -2.59. The summed E-state index contributed by atoms with van der Waals surface area (Å²) in [6.45, 7) is -0.814. The molecule has 0 spiro atoms. The molecule has 0 unspecified atom stereocenters. The lowest BCUT2D eigenvalue weighted by atomic mass is 10.2. The molecule has 1 heterocycles. The topological polar surface area (TPSA) is 111 Å². The van der Waals surface area contributed by atoms with Gasteiger partial charge >= 0.3 is 6.18 Å². The van der Waals surface area contributed by atoms with Gasteiger partial charge in [0, 0.05) is 18.2 Å². The number of halogens is 5. The molecule has 0 bridgehead atoms. The third kappa shape index (κ3) is 6.46. The number of ether oxygens (including phenoxy) is 1. The van der Waals surface area contributed by atoms with Crippen LogP contribution >= 0.6 is 23.2 Å². The van der Waals surface area contributed by atoms with Crippen molar-refractivity contribution in [2.75, 3.05) is 13.2 Å². The number of benzene rings is 1. The van der Waals surface area contributed by atoms with Crippen molar-refractivity contribution in [1.82, 2.24) is 9.71 Å². The lowest BCUT2D eigenvalue weighted by Crippen LogP contribution is -2.24. The summed E-state index contributed by atoms with van der Waals surface area (Å²) in [5.74, 6) is 4.34. The van der Waals surface area contributed by atoms with Crippen LogP contribution in [0.15, 0.2) is 35.2 Å². The largest absolute Gasteiger partial charge is 0.464 e. The highest BCUT2D eigenvalue weighted by atomic mass is 35.5. The van der Waals surface area contributed by atoms with Gasteiger partial charge in [-0.25, -0.2) is 13.4 Å². The minimum atomic E-state index is -4.64. The SMILES string of the molecule is O=[N+]([O-])c1ccc(Cl)c(S(=O)(=O)NCC#CCOc2cc(C(F)(F)F)cc(Cl)n2)c1. The van der Waals surface area contributed by atoms with Gasteiger partial charge in [-0.15, -0.1) is 0 Å². The van der Waals surface area contributed by atoms with Crippen LogP contribution in [0.4, 0.5) is 18.9 Å². The standard InChI is InChI=1S/C16H10Cl2F3N3O5S/c17-12-4-3-11(24(25)26)9-13(12)30(27,28)22-5-1-2-6-29-15-8-10(16(19,20)21)7-14(18)23-15/h3-4,7-9,22H,5-6H2. The molecule has 30 heavy (non-hydrogen) atoms. The van der Waals surface area contributed by atoms with Gasteiger partial charge in [0.05, 0.1) is 22.1 Å². The van der Waals surface area contributed by atoms with Crippen LogP contribution in [0.2, 0.25) is 10.2 Å². The van der Waals surface area contributed by atoms with Crippen LogP contribution in [0.5, 0.6) is 5.88 Å². The van der Waals surface area contributed by atoms with E-state index in [9.17, 15) is 31.7 Å². The number of hydrogen-bond donors (Lipinski definition) is 1. The van der Waals surface area contributed by atoms with Gasteiger partial charge in [-0.05, 0) is 12.1 Å². The number of pyridine rings is 1. The van der Waals surface area contributed by atoms with Crippen molar-refractivity contribution in [3.8, 4) is 17.7 Å². The summed E-state index contributed by atoms with van der Waals surface area (Å²) < 4.78 is 69.5. The highest BCUT2D eigenvalue weighted by Crippen LogP contribution is 2.32. The van der Waals surface area contributed by atoms with Gasteiger partial charge in [0.15, 0.2) is 6.61 Å². The third-order valence-electron chi connectivity index (χ3n) is 3.28. The molecular formula is C16H10Cl2F3N3O5S. The number of non-ortho nitro benzene ring substituents is 1. The monoisotopic (exact) mass is 483 g/mol. The maximum Gasteiger partial charge on any atom is 0.416 e. The second-order valence-corrected chi connectivity index (χ2v) is 7.88. The first-order valence-electron chi connectivity index (χ1n) is 7.67. The molecule has 1 aromatic heterocycles. The van der Waals surface area contributed by atoms with Crippen molar-refractivity contribution in [2.24, 2.45) is 0 Å². The van der Waals surface area contributed by atoms with E-state index in [0.29, 0.717) is 12.1 Å². The van der Waals surface area contributed by atoms with Gasteiger partial charge in [0.25, 0.3) is 5.69 Å². The van der Waals surface area contributed by atoms with Crippen LogP contribution in [0.3, 0.4) is 0 Å². The van der Waals surface area contributed by atoms with Gasteiger partial charge < -0.3 is 4.74 Å². The van der Waals surface area contributed by atoms with Crippen molar-refractivity contribution in [1.29, 1.82) is 0 Å². The normalized spacial score (nSPS) is 11.5. The molecule has 0 aliphatic rings. The molecule has 2 rings (SSSR count). The lowest BCUT2D eigenvalue weighted by Gasteiger charge is -2.08. The zero-order chi connectivity index (χ0) is 22.5. The van der Waals surface area contributed by atoms with E-state index in [1.807, 2.05) is 0 Å². The number of hydrogen-bond acceptors (Lipinski definition) is 6. The third-order valence-corrected chi connectivity index (χ3v) is 5.36. The molecule has 1 aromatic carbocycles. The van der Waals surface area contributed by atoms with E-state index in [-0.39, 0.29) is 5.02 Å². The van der Waals surface area contributed by atoms with Crippen LogP contribution in [0.1, 0.15) is 5.56 Å². The Kier molecular flexibility index (Phi) is 7.49. The van der Waals surface area contributed by atoms with E-state index >= 15 is 0 Å². The summed E-state index contributed by atoms with van der Waals surface area (Å²) >= 11 is 11.3. The Labute approximate surface area is 178 Å². The Balaban J connectivity index is 1.99. The second kappa shape index (κ2) is 9.48. The Morgan fingerprint density at radius 2 is 1.90 bits per heavy atom. The quantitative estimate of drug-likeness (QED) is 0.290. The van der Waals surface area contributed by atoms with E-state index in [4.69, 9.17) is 27.9 Å². The fourth-order valence-corrected chi connectivity index (χ4v) is 3.60. The van der Waals surface area contributed by atoms with Crippen LogP contribution in [0, 0.1) is 22.0 Å². The van der Waals surface area contributed by atoms with Gasteiger partial charge in [0.2, 0.25) is 15.9 Å². The number of nitro groups is 1. The average molecular weight is 484 g/mol. The van der Waals surface area contributed by atoms with E-state index in [0.717, 1.165) is 18.2 Å². The highest BCUT2D eigenvalue weighted by molar-refractivity contribution is 7.89. The molecular weight excluding hydrogens is 474 g/mol. The fraction of sp³-hybridized carbons (Fsp3) is 0.188. The van der Waals surface area contributed by atoms with Crippen LogP contribution in [0.25, 0.3) is 0 Å². The summed E-state index contributed by atoms with van der Waals surface area (Å²) in [6, 6.07) is 4.19. The molecule has 0 atom stereocenters. The number of rotatable bonds is 6. The lowest BCUT2D eigenvalue weighted by molar-refractivity contribution is -0.385. The molecule has 14 heteroatoms. The van der Waals surface area contributed by atoms with Crippen molar-refractivity contribution in [3.05, 3.63) is 56.2 Å². The van der Waals surface area contributed by atoms with Crippen LogP contribution in [-0.2, 0) is 16.2 Å². The molecule has 0 saturated carbocycles. The number of nitro benzene ring substituents is 1. The highest BCUT2D eigenvalue weighted by Gasteiger charge is 2.31. The molecule has 0 aliphatic carbocycles. The van der Waals surface area contributed by atoms with E-state index < -0.39 is 61.5 Å². The molecule has 0 saturated heterocycles. The van der Waals surface area contributed by atoms with Crippen molar-refractivity contribution in [2.45, 2.75) is 11.1 Å². The molecule has 1 N–H and O–H groups in total. The van der Waals surface area contributed by atoms with Gasteiger partial charge in [0.1, 0.15) is 10.0 Å². The number of aromatic nitrogens is 1. The minimum absolute atomic E-state index is 0.225. The number of alkyl halides is 3. The second-order valence-electron chi connectivity index (χ2n) is 5.35. The van der Waals surface area contributed by atoms with Crippen LogP contribution < -0.4 is 9.46 Å². The first-order chi connectivity index (χ1) is 13.9. The van der Waals surface area contributed by atoms with E-state index in [1.165, 1.54) is 0 Å². The van der Waals surface area contributed by atoms with Gasteiger partial charge in [-0.1, -0.05) is 35.0 Å². The van der Waals surface area contributed by atoms with E-state index in [2.05, 4.69) is 21.5 Å².